The predicted molar refractivity (Wildman–Crippen MR) is 67.4 cm³/mol. The Morgan fingerprint density at radius 2 is 1.81 bits per heavy atom. The highest BCUT2D eigenvalue weighted by Gasteiger charge is 2.14. The highest BCUT2D eigenvalue weighted by atomic mass is 16.1. The van der Waals surface area contributed by atoms with Gasteiger partial charge in [-0.15, -0.1) is 0 Å². The predicted octanol–water partition coefficient (Wildman–Crippen LogP) is 3.83. The van der Waals surface area contributed by atoms with Gasteiger partial charge in [0.1, 0.15) is 0 Å². The van der Waals surface area contributed by atoms with Crippen LogP contribution in [0, 0.1) is 13.8 Å². The average Bonchev–Trinajstić information content (AvgIpc) is 2.27. The number of rotatable bonds is 1. The van der Waals surface area contributed by atoms with Crippen molar-refractivity contribution < 1.29 is 4.79 Å². The molecule has 0 atom stereocenters. The number of carbonyl (C=O) groups excluding carboxylic acids is 1. The fourth-order valence-electron chi connectivity index (χ4n) is 2.11. The Balaban J connectivity index is 2.27. The number of Topliss-reactive ketones (excluding diaryl/α,β-unsaturated/α-hetero) is 1. The van der Waals surface area contributed by atoms with Crippen molar-refractivity contribution >= 4 is 11.9 Å². The van der Waals surface area contributed by atoms with Gasteiger partial charge in [-0.2, -0.15) is 0 Å². The van der Waals surface area contributed by atoms with Crippen LogP contribution in [0.3, 0.4) is 0 Å². The summed E-state index contributed by atoms with van der Waals surface area (Å²) in [5.74, 6) is 0.337. The summed E-state index contributed by atoms with van der Waals surface area (Å²) in [5.41, 5.74) is 4.76. The van der Waals surface area contributed by atoms with Crippen molar-refractivity contribution in [2.24, 2.45) is 0 Å². The summed E-state index contributed by atoms with van der Waals surface area (Å²) in [6, 6.07) is 6.37. The Morgan fingerprint density at radius 1 is 1.06 bits per heavy atom. The number of hydrogen-bond donors (Lipinski definition) is 0. The molecule has 0 amide bonds. The Bertz CT molecular complexity index is 441. The van der Waals surface area contributed by atoms with Crippen LogP contribution < -0.4 is 0 Å². The van der Waals surface area contributed by atoms with Crippen LogP contribution in [-0.4, -0.2) is 5.78 Å². The molecule has 1 aromatic carbocycles. The maximum absolute atomic E-state index is 11.7. The van der Waals surface area contributed by atoms with Gasteiger partial charge in [-0.05, 0) is 61.4 Å². The van der Waals surface area contributed by atoms with E-state index in [2.05, 4.69) is 38.1 Å². The second-order valence-electron chi connectivity index (χ2n) is 4.64. The first-order valence-corrected chi connectivity index (χ1v) is 5.98. The van der Waals surface area contributed by atoms with Crippen LogP contribution in [-0.2, 0) is 4.79 Å². The zero-order valence-electron chi connectivity index (χ0n) is 10.0. The summed E-state index contributed by atoms with van der Waals surface area (Å²) < 4.78 is 0. The zero-order valence-corrected chi connectivity index (χ0v) is 10.0. The minimum absolute atomic E-state index is 0.337. The molecule has 1 aliphatic rings. The highest BCUT2D eigenvalue weighted by molar-refractivity contribution is 6.00. The minimum atomic E-state index is 0.337. The first-order valence-electron chi connectivity index (χ1n) is 5.98. The van der Waals surface area contributed by atoms with Crippen molar-refractivity contribution in [2.75, 3.05) is 0 Å². The van der Waals surface area contributed by atoms with Crippen LogP contribution in [0.15, 0.2) is 23.8 Å². The third kappa shape index (κ3) is 2.41. The molecular formula is C15H18O. The largest absolute Gasteiger partial charge is 0.295 e. The van der Waals surface area contributed by atoms with Crippen LogP contribution in [0.5, 0.6) is 0 Å². The molecule has 0 bridgehead atoms. The van der Waals surface area contributed by atoms with Crippen molar-refractivity contribution in [3.63, 3.8) is 0 Å². The van der Waals surface area contributed by atoms with E-state index in [4.69, 9.17) is 0 Å². The average molecular weight is 214 g/mol. The molecule has 0 aliphatic heterocycles. The Hall–Kier alpha value is -1.37. The maximum Gasteiger partial charge on any atom is 0.158 e. The minimum Gasteiger partial charge on any atom is -0.295 e. The second kappa shape index (κ2) is 4.65. The van der Waals surface area contributed by atoms with Crippen molar-refractivity contribution in [3.8, 4) is 0 Å². The van der Waals surface area contributed by atoms with E-state index in [9.17, 15) is 4.79 Å². The molecule has 1 heteroatoms. The lowest BCUT2D eigenvalue weighted by molar-refractivity contribution is -0.116. The van der Waals surface area contributed by atoms with Crippen molar-refractivity contribution in [1.29, 1.82) is 0 Å². The third-order valence-electron chi connectivity index (χ3n) is 3.33. The summed E-state index contributed by atoms with van der Waals surface area (Å²) in [6.45, 7) is 4.22. The van der Waals surface area contributed by atoms with Gasteiger partial charge in [0.25, 0.3) is 0 Å². The molecule has 0 heterocycles. The maximum atomic E-state index is 11.7. The van der Waals surface area contributed by atoms with Crippen LogP contribution in [0.2, 0.25) is 0 Å². The molecule has 0 aromatic heterocycles. The Labute approximate surface area is 97.2 Å². The van der Waals surface area contributed by atoms with Crippen molar-refractivity contribution in [3.05, 3.63) is 40.5 Å². The third-order valence-corrected chi connectivity index (χ3v) is 3.33. The molecule has 1 nitrogen and oxygen atoms in total. The topological polar surface area (TPSA) is 17.1 Å². The fourth-order valence-corrected chi connectivity index (χ4v) is 2.11. The number of ketones is 1. The van der Waals surface area contributed by atoms with Gasteiger partial charge >= 0.3 is 0 Å². The molecule has 0 unspecified atom stereocenters. The molecule has 0 spiro atoms. The van der Waals surface area contributed by atoms with Gasteiger partial charge in [0.15, 0.2) is 5.78 Å². The van der Waals surface area contributed by atoms with Crippen LogP contribution in [0.4, 0.5) is 0 Å². The molecule has 84 valence electrons. The molecule has 16 heavy (non-hydrogen) atoms. The molecule has 2 rings (SSSR count). The van der Waals surface area contributed by atoms with Gasteiger partial charge in [0.05, 0.1) is 0 Å². The lowest BCUT2D eigenvalue weighted by Crippen LogP contribution is -2.07. The van der Waals surface area contributed by atoms with Gasteiger partial charge in [-0.1, -0.05) is 18.2 Å². The fraction of sp³-hybridized carbons (Fsp3) is 0.400. The van der Waals surface area contributed by atoms with Gasteiger partial charge in [-0.25, -0.2) is 0 Å². The van der Waals surface area contributed by atoms with E-state index >= 15 is 0 Å². The van der Waals surface area contributed by atoms with Crippen LogP contribution in [0.1, 0.15) is 42.4 Å². The summed E-state index contributed by atoms with van der Waals surface area (Å²) in [4.78, 5) is 11.7. The monoisotopic (exact) mass is 214 g/mol. The first kappa shape index (κ1) is 11.1. The summed E-state index contributed by atoms with van der Waals surface area (Å²) in [7, 11) is 0. The molecule has 1 aromatic rings. The lowest BCUT2D eigenvalue weighted by Gasteiger charge is -2.12. The normalized spacial score (nSPS) is 19.1. The number of aryl methyl sites for hydroxylation is 2. The number of carbonyl (C=O) groups is 1. The standard InChI is InChI=1S/C15H18O/c1-11-7-8-13(9-12(11)2)10-14-5-3-4-6-15(14)16/h7-10H,3-6H2,1-2H3. The van der Waals surface area contributed by atoms with Gasteiger partial charge < -0.3 is 0 Å². The van der Waals surface area contributed by atoms with Gasteiger partial charge in [0.2, 0.25) is 0 Å². The number of benzene rings is 1. The van der Waals surface area contributed by atoms with Gasteiger partial charge in [-0.3, -0.25) is 4.79 Å². The lowest BCUT2D eigenvalue weighted by atomic mass is 9.91. The molecular weight excluding hydrogens is 196 g/mol. The molecule has 0 N–H and O–H groups in total. The number of hydrogen-bond acceptors (Lipinski definition) is 1. The Morgan fingerprint density at radius 3 is 2.50 bits per heavy atom. The van der Waals surface area contributed by atoms with E-state index in [-0.39, 0.29) is 0 Å². The van der Waals surface area contributed by atoms with E-state index in [1.165, 1.54) is 11.1 Å². The summed E-state index contributed by atoms with van der Waals surface area (Å²) in [6.07, 6.45) is 5.96. The molecule has 1 aliphatic carbocycles. The smallest absolute Gasteiger partial charge is 0.158 e. The highest BCUT2D eigenvalue weighted by Crippen LogP contribution is 2.22. The number of allylic oxidation sites excluding steroid dienone is 1. The van der Waals surface area contributed by atoms with E-state index in [0.717, 1.165) is 36.8 Å². The molecule has 1 fully saturated rings. The van der Waals surface area contributed by atoms with E-state index in [1.807, 2.05) is 0 Å². The first-order chi connectivity index (χ1) is 7.66. The molecule has 0 radical (unpaired) electrons. The summed E-state index contributed by atoms with van der Waals surface area (Å²) in [5, 5.41) is 0. The van der Waals surface area contributed by atoms with Crippen molar-refractivity contribution in [1.82, 2.24) is 0 Å². The van der Waals surface area contributed by atoms with E-state index in [1.54, 1.807) is 0 Å². The SMILES string of the molecule is Cc1ccc(C=C2CCCCC2=O)cc1C. The second-order valence-corrected chi connectivity index (χ2v) is 4.64. The van der Waals surface area contributed by atoms with Crippen LogP contribution in [0.25, 0.3) is 6.08 Å². The van der Waals surface area contributed by atoms with E-state index < -0.39 is 0 Å². The van der Waals surface area contributed by atoms with E-state index in [0.29, 0.717) is 5.78 Å². The Kier molecular flexibility index (Phi) is 3.23. The summed E-state index contributed by atoms with van der Waals surface area (Å²) >= 11 is 0. The van der Waals surface area contributed by atoms with Crippen LogP contribution >= 0.6 is 0 Å². The van der Waals surface area contributed by atoms with Crippen molar-refractivity contribution in [2.45, 2.75) is 39.5 Å². The van der Waals surface area contributed by atoms with Gasteiger partial charge in [0, 0.05) is 6.42 Å². The molecule has 0 saturated heterocycles. The quantitative estimate of drug-likeness (QED) is 0.649. The zero-order chi connectivity index (χ0) is 11.5. The molecule has 1 saturated carbocycles.